The van der Waals surface area contributed by atoms with E-state index < -0.39 is 76.9 Å². The molecule has 3 aliphatic heterocycles. The van der Waals surface area contributed by atoms with E-state index in [1.165, 1.54) is 17.1 Å². The third-order valence-corrected chi connectivity index (χ3v) is 13.5. The van der Waals surface area contributed by atoms with Crippen LogP contribution in [0.5, 0.6) is 0 Å². The van der Waals surface area contributed by atoms with Crippen molar-refractivity contribution in [3.63, 3.8) is 0 Å². The highest BCUT2D eigenvalue weighted by Crippen LogP contribution is 2.44. The Morgan fingerprint density at radius 1 is 1.06 bits per heavy atom. The highest BCUT2D eigenvalue weighted by Gasteiger charge is 2.44. The maximum absolute atomic E-state index is 15.7. The minimum atomic E-state index is -1.47. The van der Waals surface area contributed by atoms with E-state index in [2.05, 4.69) is 32.5 Å². The molecule has 0 bridgehead atoms. The van der Waals surface area contributed by atoms with E-state index in [9.17, 15) is 48.6 Å². The van der Waals surface area contributed by atoms with Crippen molar-refractivity contribution >= 4 is 82.0 Å². The number of nitrogens with two attached hydrogens (primary N) is 1. The average Bonchev–Trinajstić information content (AvgIpc) is 3.87. The molecule has 376 valence electrons. The number of ether oxygens (including phenoxy) is 1. The number of fused-ring (bicyclic) bond motifs is 1. The van der Waals surface area contributed by atoms with Crippen LogP contribution in [0.25, 0.3) is 0 Å². The number of aliphatic hydroxyl groups is 1. The number of unbranched alkanes of at least 4 members (excludes halogenated alkanes) is 2. The molecule has 1 aliphatic carbocycles. The molecular weight excluding hydrogens is 933 g/mol. The first-order valence-electron chi connectivity index (χ1n) is 23.4. The Kier molecular flexibility index (Phi) is 17.4. The van der Waals surface area contributed by atoms with Gasteiger partial charge in [-0.2, -0.15) is 0 Å². The molecule has 4 aliphatic rings. The smallest absolute Gasteiger partial charge is 0.407 e. The van der Waals surface area contributed by atoms with Gasteiger partial charge in [0.2, 0.25) is 40.7 Å². The minimum absolute atomic E-state index is 0.0315. The number of aliphatic hydroxyl groups excluding tert-OH is 1. The number of amides is 7. The molecule has 20 nitrogen and oxygen atoms in total. The fourth-order valence-electron chi connectivity index (χ4n) is 8.47. The largest absolute Gasteiger partial charge is 0.477 e. The topological polar surface area (TPSA) is 282 Å². The molecule has 4 atom stereocenters. The number of primary amides is 1. The number of ketones is 1. The predicted molar refractivity (Wildman–Crippen MR) is 254 cm³/mol. The molecule has 1 saturated heterocycles. The number of nitrogens with zero attached hydrogens (tertiary/aromatic N) is 3. The summed E-state index contributed by atoms with van der Waals surface area (Å²) in [6.07, 6.45) is 5.93. The van der Waals surface area contributed by atoms with Crippen molar-refractivity contribution < 1.29 is 62.3 Å². The van der Waals surface area contributed by atoms with Gasteiger partial charge < -0.3 is 57.1 Å². The molecular formula is C48H60ClFN9O11+. The summed E-state index contributed by atoms with van der Waals surface area (Å²) in [4.78, 5) is 105. The molecule has 1 saturated carbocycles. The molecule has 9 N–H and O–H groups in total. The Morgan fingerprint density at radius 2 is 1.79 bits per heavy atom. The standard InChI is InChI=1S/C48H59ClFN9O11/c1-27(2)48(3,56-36(60)12-5-4-6-21-58-37(61)17-18-38(58)62)45(67)55-35(11-8-20-52-46(51)68)43(64)53-29-15-13-28(14-16-29)26-70-47(69)54-30-19-22-57(24-30)41-34(50)23-32-40(39(41)49)59(31-9-7-10-31)25-33(42(32)63)44(65)66/h13-18,23,27,30-31,35,37,61H,4-12,19-22,24,26H2,1-3H3,(H7-,51,52,53,54,55,56,60,64,65,66,67,68,69)/p+1. The van der Waals surface area contributed by atoms with Gasteiger partial charge in [-0.1, -0.05) is 44.0 Å². The lowest BCUT2D eigenvalue weighted by Gasteiger charge is -2.35. The van der Waals surface area contributed by atoms with E-state index in [-0.39, 0.29) is 78.8 Å². The fourth-order valence-corrected chi connectivity index (χ4v) is 8.87. The summed E-state index contributed by atoms with van der Waals surface area (Å²) in [5, 5.41) is 33.1. The van der Waals surface area contributed by atoms with Gasteiger partial charge in [-0.25, -0.2) is 18.8 Å². The Hall–Kier alpha value is -6.83. The van der Waals surface area contributed by atoms with E-state index in [1.807, 2.05) is 0 Å². The number of benzene rings is 2. The third kappa shape index (κ3) is 12.7. The monoisotopic (exact) mass is 992 g/mol. The Morgan fingerprint density at radius 3 is 2.41 bits per heavy atom. The van der Waals surface area contributed by atoms with Crippen LogP contribution in [0.15, 0.2) is 48.1 Å². The summed E-state index contributed by atoms with van der Waals surface area (Å²) in [6, 6.07) is 5.01. The van der Waals surface area contributed by atoms with E-state index in [4.69, 9.17) is 22.1 Å². The third-order valence-electron chi connectivity index (χ3n) is 13.1. The summed E-state index contributed by atoms with van der Waals surface area (Å²) in [7, 11) is 0. The fraction of sp³-hybridized carbons (Fsp3) is 0.500. The zero-order valence-electron chi connectivity index (χ0n) is 39.3. The van der Waals surface area contributed by atoms with Crippen LogP contribution in [0.2, 0.25) is 5.02 Å². The molecule has 3 heterocycles. The van der Waals surface area contributed by atoms with Crippen molar-refractivity contribution in [2.45, 2.75) is 121 Å². The van der Waals surface area contributed by atoms with Crippen molar-refractivity contribution in [3.8, 4) is 0 Å². The SMILES string of the molecule is CC(C)C(C)(NC(=O)CCCCCN1C(=O)C=CC1O)C(=O)NC(CCCNC(N)=O)C(=O)Nc1ccc(COC(=O)NC2CCN(c3c(F)cc4c(c3Cl)[N+](C3CCC3)=C=C(C(=O)O)C4=O)C2)cc1. The van der Waals surface area contributed by atoms with Gasteiger partial charge in [0, 0.05) is 57.2 Å². The number of carboxylic acid groups (broad SMARTS) is 1. The number of urea groups is 1. The molecule has 0 radical (unpaired) electrons. The molecule has 2 aromatic rings. The first-order chi connectivity index (χ1) is 33.3. The number of halogens is 2. The van der Waals surface area contributed by atoms with Crippen molar-refractivity contribution in [3.05, 3.63) is 70.0 Å². The number of nitrogens with one attached hydrogen (secondary N) is 5. The van der Waals surface area contributed by atoms with Gasteiger partial charge in [0.15, 0.2) is 11.9 Å². The minimum Gasteiger partial charge on any atom is -0.477 e. The van der Waals surface area contributed by atoms with Crippen LogP contribution in [-0.4, -0.2) is 129 Å². The number of anilines is 2. The molecule has 2 aromatic carbocycles. The van der Waals surface area contributed by atoms with Crippen molar-refractivity contribution in [1.29, 1.82) is 0 Å². The van der Waals surface area contributed by atoms with Crippen LogP contribution in [0.3, 0.4) is 0 Å². The summed E-state index contributed by atoms with van der Waals surface area (Å²) in [6.45, 7) is 5.91. The Balaban J connectivity index is 1.00. The number of alkyl carbamates (subject to hydrolysis) is 1. The van der Waals surface area contributed by atoms with Gasteiger partial charge in [-0.3, -0.25) is 24.0 Å². The number of hydrogen-bond donors (Lipinski definition) is 8. The molecule has 0 spiro atoms. The first-order valence-corrected chi connectivity index (χ1v) is 23.8. The van der Waals surface area contributed by atoms with Crippen LogP contribution < -0.4 is 37.2 Å². The lowest BCUT2D eigenvalue weighted by Crippen LogP contribution is -2.62. The van der Waals surface area contributed by atoms with Gasteiger partial charge in [-0.05, 0) is 81.2 Å². The van der Waals surface area contributed by atoms with E-state index >= 15 is 4.39 Å². The van der Waals surface area contributed by atoms with Crippen molar-refractivity contribution in [2.24, 2.45) is 11.7 Å². The summed E-state index contributed by atoms with van der Waals surface area (Å²) < 4.78 is 22.7. The van der Waals surface area contributed by atoms with Crippen molar-refractivity contribution in [2.75, 3.05) is 36.4 Å². The van der Waals surface area contributed by atoms with Crippen LogP contribution in [0.1, 0.15) is 101 Å². The number of hydrogen-bond acceptors (Lipinski definition) is 11. The molecule has 6 rings (SSSR count). The molecule has 0 aromatic heterocycles. The van der Waals surface area contributed by atoms with E-state index in [0.717, 1.165) is 25.3 Å². The summed E-state index contributed by atoms with van der Waals surface area (Å²) >= 11 is 6.82. The molecule has 22 heteroatoms. The summed E-state index contributed by atoms with van der Waals surface area (Å²) in [5.41, 5.74) is 4.25. The highest BCUT2D eigenvalue weighted by molar-refractivity contribution is 6.38. The maximum Gasteiger partial charge on any atom is 0.407 e. The normalized spacial score (nSPS) is 18.8. The van der Waals surface area contributed by atoms with E-state index in [0.29, 0.717) is 50.0 Å². The van der Waals surface area contributed by atoms with Gasteiger partial charge in [0.25, 0.3) is 0 Å². The average molecular weight is 994 g/mol. The number of Topliss-reactive ketones (excluding diaryl/α,β-unsaturated/α-hetero) is 1. The second kappa shape index (κ2) is 23.2. The van der Waals surface area contributed by atoms with Crippen molar-refractivity contribution in [1.82, 2.24) is 26.2 Å². The lowest BCUT2D eigenvalue weighted by molar-refractivity contribution is -0.494. The van der Waals surface area contributed by atoms with Gasteiger partial charge in [0.05, 0.1) is 11.7 Å². The lowest BCUT2D eigenvalue weighted by atomic mass is 9.86. The Bertz CT molecular complexity index is 2490. The number of rotatable bonds is 22. The zero-order chi connectivity index (χ0) is 50.9. The molecule has 7 amide bonds. The molecule has 70 heavy (non-hydrogen) atoms. The molecule has 2 fully saturated rings. The second-order valence-electron chi connectivity index (χ2n) is 18.3. The maximum atomic E-state index is 15.7. The number of carboxylic acids is 1. The Labute approximate surface area is 408 Å². The number of carbonyl (C=O) groups is 8. The summed E-state index contributed by atoms with van der Waals surface area (Å²) in [5.74, 6) is -2.66. The van der Waals surface area contributed by atoms with Crippen LogP contribution in [-0.2, 0) is 35.3 Å². The van der Waals surface area contributed by atoms with Gasteiger partial charge in [0.1, 0.15) is 40.8 Å². The number of carbonyl (C=O) groups excluding carboxylic acids is 7. The van der Waals surface area contributed by atoms with Crippen LogP contribution in [0, 0.1) is 11.7 Å². The van der Waals surface area contributed by atoms with Gasteiger partial charge in [-0.15, -0.1) is 4.58 Å². The second-order valence-corrected chi connectivity index (χ2v) is 18.7. The quantitative estimate of drug-likeness (QED) is 0.0476. The zero-order valence-corrected chi connectivity index (χ0v) is 40.0. The highest BCUT2D eigenvalue weighted by atomic mass is 35.5. The van der Waals surface area contributed by atoms with E-state index in [1.54, 1.807) is 54.5 Å². The number of aliphatic carboxylic acids is 1. The van der Waals surface area contributed by atoms with Crippen LogP contribution in [0.4, 0.5) is 31.0 Å². The first kappa shape index (κ1) is 52.5. The van der Waals surface area contributed by atoms with Gasteiger partial charge >= 0.3 is 18.1 Å². The van der Waals surface area contributed by atoms with Crippen LogP contribution >= 0.6 is 11.6 Å². The molecule has 4 unspecified atom stereocenters. The predicted octanol–water partition coefficient (Wildman–Crippen LogP) is 3.74.